The van der Waals surface area contributed by atoms with Crippen molar-refractivity contribution in [2.45, 2.75) is 26.1 Å². The highest BCUT2D eigenvalue weighted by Gasteiger charge is 2.29. The number of rotatable bonds is 3. The van der Waals surface area contributed by atoms with Gasteiger partial charge in [0.25, 0.3) is 5.91 Å². The molecule has 1 aliphatic heterocycles. The van der Waals surface area contributed by atoms with Gasteiger partial charge < -0.3 is 18.8 Å². The smallest absolute Gasteiger partial charge is 0.289 e. The molecule has 1 fully saturated rings. The molecule has 3 rings (SSSR count). The summed E-state index contributed by atoms with van der Waals surface area (Å²) >= 11 is 0. The fourth-order valence-corrected chi connectivity index (χ4v) is 3.06. The summed E-state index contributed by atoms with van der Waals surface area (Å²) < 4.78 is 57.1. The zero-order valence-corrected chi connectivity index (χ0v) is 14.5. The SMILES string of the molecule is COc1c(F)c(F)cc(-c2coc(C(=O)N3C[C@@H](C)O[C@@H](C)C3)c2)c1F. The van der Waals surface area contributed by atoms with Gasteiger partial charge in [-0.15, -0.1) is 0 Å². The fraction of sp³-hybridized carbons (Fsp3) is 0.389. The minimum Gasteiger partial charge on any atom is -0.491 e. The molecule has 140 valence electrons. The summed E-state index contributed by atoms with van der Waals surface area (Å²) in [6.07, 6.45) is 0.880. The van der Waals surface area contributed by atoms with E-state index in [4.69, 9.17) is 9.15 Å². The Kier molecular flexibility index (Phi) is 4.95. The van der Waals surface area contributed by atoms with E-state index in [1.54, 1.807) is 4.90 Å². The third-order valence-electron chi connectivity index (χ3n) is 4.15. The molecule has 2 atom stereocenters. The standard InChI is InChI=1S/C18H18F3NO4/c1-9-6-22(7-10(2)26-9)18(23)14-4-11(8-25-14)12-5-13(19)16(21)17(24-3)15(12)20/h4-5,8-10H,6-7H2,1-3H3/t9-,10+. The summed E-state index contributed by atoms with van der Waals surface area (Å²) in [5, 5.41) is 0. The predicted octanol–water partition coefficient (Wildman–Crippen LogP) is 3.62. The monoisotopic (exact) mass is 369 g/mol. The van der Waals surface area contributed by atoms with Crippen LogP contribution in [0.1, 0.15) is 24.4 Å². The molecule has 0 unspecified atom stereocenters. The molecule has 26 heavy (non-hydrogen) atoms. The van der Waals surface area contributed by atoms with Gasteiger partial charge in [-0.2, -0.15) is 4.39 Å². The first-order chi connectivity index (χ1) is 12.3. The molecule has 1 saturated heterocycles. The maximum Gasteiger partial charge on any atom is 0.289 e. The largest absolute Gasteiger partial charge is 0.491 e. The third-order valence-corrected chi connectivity index (χ3v) is 4.15. The Hall–Kier alpha value is -2.48. The van der Waals surface area contributed by atoms with E-state index in [9.17, 15) is 18.0 Å². The van der Waals surface area contributed by atoms with Gasteiger partial charge in [-0.05, 0) is 26.0 Å². The van der Waals surface area contributed by atoms with Crippen LogP contribution in [0.5, 0.6) is 5.75 Å². The van der Waals surface area contributed by atoms with Crippen LogP contribution in [0.15, 0.2) is 22.8 Å². The van der Waals surface area contributed by atoms with Crippen molar-refractivity contribution in [1.82, 2.24) is 4.90 Å². The first-order valence-corrected chi connectivity index (χ1v) is 8.07. The molecular formula is C18H18F3NO4. The van der Waals surface area contributed by atoms with Crippen molar-refractivity contribution >= 4 is 5.91 Å². The molecule has 1 aromatic heterocycles. The minimum absolute atomic E-state index is 0.0237. The Morgan fingerprint density at radius 3 is 2.42 bits per heavy atom. The van der Waals surface area contributed by atoms with Crippen LogP contribution in [-0.4, -0.2) is 43.2 Å². The van der Waals surface area contributed by atoms with E-state index in [-0.39, 0.29) is 35.0 Å². The molecule has 8 heteroatoms. The van der Waals surface area contributed by atoms with Crippen LogP contribution in [-0.2, 0) is 4.74 Å². The zero-order valence-electron chi connectivity index (χ0n) is 14.5. The van der Waals surface area contributed by atoms with E-state index >= 15 is 0 Å². The molecule has 0 radical (unpaired) electrons. The zero-order chi connectivity index (χ0) is 19.0. The molecular weight excluding hydrogens is 351 g/mol. The van der Waals surface area contributed by atoms with Crippen LogP contribution in [0.25, 0.3) is 11.1 Å². The Labute approximate surface area is 148 Å². The molecule has 0 aliphatic carbocycles. The summed E-state index contributed by atoms with van der Waals surface area (Å²) in [6.45, 7) is 4.50. The van der Waals surface area contributed by atoms with Crippen molar-refractivity contribution in [3.63, 3.8) is 0 Å². The van der Waals surface area contributed by atoms with Gasteiger partial charge in [0, 0.05) is 24.2 Å². The molecule has 0 spiro atoms. The number of morpholine rings is 1. The van der Waals surface area contributed by atoms with E-state index in [0.29, 0.717) is 19.2 Å². The second-order valence-electron chi connectivity index (χ2n) is 6.23. The number of halogens is 3. The van der Waals surface area contributed by atoms with Crippen molar-refractivity contribution in [1.29, 1.82) is 0 Å². The third kappa shape index (κ3) is 3.29. The first kappa shape index (κ1) is 18.3. The summed E-state index contributed by atoms with van der Waals surface area (Å²) in [5.41, 5.74) is -0.148. The van der Waals surface area contributed by atoms with Gasteiger partial charge in [0.05, 0.1) is 25.6 Å². The number of amides is 1. The number of nitrogens with zero attached hydrogens (tertiary/aromatic N) is 1. The van der Waals surface area contributed by atoms with E-state index in [2.05, 4.69) is 4.74 Å². The highest BCUT2D eigenvalue weighted by Crippen LogP contribution is 2.34. The van der Waals surface area contributed by atoms with Gasteiger partial charge in [0.1, 0.15) is 0 Å². The van der Waals surface area contributed by atoms with Crippen LogP contribution in [0, 0.1) is 17.5 Å². The minimum atomic E-state index is -1.41. The molecule has 0 N–H and O–H groups in total. The number of benzene rings is 1. The average Bonchev–Trinajstić information content (AvgIpc) is 3.07. The quantitative estimate of drug-likeness (QED) is 0.776. The van der Waals surface area contributed by atoms with Gasteiger partial charge in [-0.1, -0.05) is 0 Å². The highest BCUT2D eigenvalue weighted by molar-refractivity contribution is 5.93. The van der Waals surface area contributed by atoms with E-state index in [1.807, 2.05) is 13.8 Å². The van der Waals surface area contributed by atoms with E-state index in [0.717, 1.165) is 13.4 Å². The normalized spacial score (nSPS) is 20.3. The molecule has 2 aromatic rings. The maximum atomic E-state index is 14.4. The fourth-order valence-electron chi connectivity index (χ4n) is 3.06. The van der Waals surface area contributed by atoms with Gasteiger partial charge in [-0.25, -0.2) is 8.78 Å². The van der Waals surface area contributed by atoms with Crippen LogP contribution in [0.3, 0.4) is 0 Å². The van der Waals surface area contributed by atoms with Crippen molar-refractivity contribution in [3.05, 3.63) is 41.6 Å². The van der Waals surface area contributed by atoms with E-state index in [1.165, 1.54) is 6.07 Å². The van der Waals surface area contributed by atoms with Crippen molar-refractivity contribution < 1.29 is 31.9 Å². The Bertz CT molecular complexity index is 826. The number of hydrogen-bond acceptors (Lipinski definition) is 4. The second-order valence-corrected chi connectivity index (χ2v) is 6.23. The number of ether oxygens (including phenoxy) is 2. The summed E-state index contributed by atoms with van der Waals surface area (Å²) in [4.78, 5) is 14.2. The number of carbonyl (C=O) groups excluding carboxylic acids is 1. The Morgan fingerprint density at radius 1 is 1.15 bits per heavy atom. The molecule has 0 bridgehead atoms. The average molecular weight is 369 g/mol. The second kappa shape index (κ2) is 7.03. The molecule has 1 aliphatic rings. The van der Waals surface area contributed by atoms with Gasteiger partial charge in [0.15, 0.2) is 23.1 Å². The van der Waals surface area contributed by atoms with E-state index < -0.39 is 23.2 Å². The Balaban J connectivity index is 1.91. The number of hydrogen-bond donors (Lipinski definition) is 0. The van der Waals surface area contributed by atoms with Gasteiger partial charge in [-0.3, -0.25) is 4.79 Å². The van der Waals surface area contributed by atoms with Crippen molar-refractivity contribution in [2.24, 2.45) is 0 Å². The van der Waals surface area contributed by atoms with Gasteiger partial charge in [0.2, 0.25) is 5.82 Å². The molecule has 5 nitrogen and oxygen atoms in total. The lowest BCUT2D eigenvalue weighted by atomic mass is 10.1. The summed E-state index contributed by atoms with van der Waals surface area (Å²) in [5.74, 6) is -4.98. The van der Waals surface area contributed by atoms with Crippen molar-refractivity contribution in [3.8, 4) is 16.9 Å². The topological polar surface area (TPSA) is 51.9 Å². The van der Waals surface area contributed by atoms with Gasteiger partial charge >= 0.3 is 0 Å². The van der Waals surface area contributed by atoms with Crippen LogP contribution in [0.2, 0.25) is 0 Å². The molecule has 2 heterocycles. The predicted molar refractivity (Wildman–Crippen MR) is 86.5 cm³/mol. The lowest BCUT2D eigenvalue weighted by Gasteiger charge is -2.34. The summed E-state index contributed by atoms with van der Waals surface area (Å²) in [6, 6.07) is 1.99. The molecule has 1 aromatic carbocycles. The molecule has 0 saturated carbocycles. The van der Waals surface area contributed by atoms with Crippen LogP contribution >= 0.6 is 0 Å². The lowest BCUT2D eigenvalue weighted by molar-refractivity contribution is -0.0592. The Morgan fingerprint density at radius 2 is 1.81 bits per heavy atom. The van der Waals surface area contributed by atoms with Crippen LogP contribution < -0.4 is 4.74 Å². The number of carbonyl (C=O) groups is 1. The number of furan rings is 1. The molecule has 1 amide bonds. The first-order valence-electron chi connectivity index (χ1n) is 8.07. The number of methoxy groups -OCH3 is 1. The maximum absolute atomic E-state index is 14.4. The summed E-state index contributed by atoms with van der Waals surface area (Å²) in [7, 11) is 1.04. The van der Waals surface area contributed by atoms with Crippen LogP contribution in [0.4, 0.5) is 13.2 Å². The van der Waals surface area contributed by atoms with Crippen molar-refractivity contribution in [2.75, 3.05) is 20.2 Å². The lowest BCUT2D eigenvalue weighted by Crippen LogP contribution is -2.48. The highest BCUT2D eigenvalue weighted by atomic mass is 19.2.